The maximum absolute atomic E-state index is 12.1. The highest BCUT2D eigenvalue weighted by Gasteiger charge is 2.20. The number of aliphatic carboxylic acids is 1. The second-order valence-corrected chi connectivity index (χ2v) is 5.27. The highest BCUT2D eigenvalue weighted by molar-refractivity contribution is 7.98. The van der Waals surface area contributed by atoms with E-state index in [1.165, 1.54) is 4.90 Å². The lowest BCUT2D eigenvalue weighted by Gasteiger charge is -2.27. The van der Waals surface area contributed by atoms with Crippen LogP contribution in [0.25, 0.3) is 0 Å². The first kappa shape index (κ1) is 16.4. The molecule has 0 saturated carbocycles. The minimum Gasteiger partial charge on any atom is -0.481 e. The Morgan fingerprint density at radius 3 is 2.40 bits per heavy atom. The number of thioether (sulfide) groups is 1. The van der Waals surface area contributed by atoms with Gasteiger partial charge in [0.2, 0.25) is 0 Å². The lowest BCUT2D eigenvalue weighted by atomic mass is 10.2. The molecular weight excluding hydrogens is 276 g/mol. The highest BCUT2D eigenvalue weighted by Crippen LogP contribution is 2.18. The average Bonchev–Trinajstić information content (AvgIpc) is 2.39. The van der Waals surface area contributed by atoms with Gasteiger partial charge in [-0.25, -0.2) is 4.79 Å². The fraction of sp³-hybridized carbons (Fsp3) is 0.429. The quantitative estimate of drug-likeness (QED) is 0.791. The Balaban J connectivity index is 2.68. The van der Waals surface area contributed by atoms with E-state index in [2.05, 4.69) is 5.32 Å². The van der Waals surface area contributed by atoms with Crippen molar-refractivity contribution in [2.24, 2.45) is 0 Å². The minimum absolute atomic E-state index is 0.0628. The van der Waals surface area contributed by atoms with E-state index in [-0.39, 0.29) is 18.5 Å². The van der Waals surface area contributed by atoms with Gasteiger partial charge in [-0.1, -0.05) is 0 Å². The maximum Gasteiger partial charge on any atom is 0.322 e. The average molecular weight is 296 g/mol. The van der Waals surface area contributed by atoms with E-state index in [0.717, 1.165) is 4.90 Å². The molecule has 1 atom stereocenters. The number of hydrogen-bond acceptors (Lipinski definition) is 3. The van der Waals surface area contributed by atoms with Crippen LogP contribution in [0.1, 0.15) is 20.3 Å². The van der Waals surface area contributed by atoms with Gasteiger partial charge in [0.25, 0.3) is 0 Å². The van der Waals surface area contributed by atoms with Crippen LogP contribution in [0.5, 0.6) is 0 Å². The molecule has 2 N–H and O–H groups in total. The van der Waals surface area contributed by atoms with Crippen molar-refractivity contribution in [3.05, 3.63) is 24.3 Å². The van der Waals surface area contributed by atoms with Crippen LogP contribution in [0.4, 0.5) is 10.5 Å². The summed E-state index contributed by atoms with van der Waals surface area (Å²) in [4.78, 5) is 25.5. The molecule has 2 amide bonds. The smallest absolute Gasteiger partial charge is 0.322 e. The molecule has 1 unspecified atom stereocenters. The SMILES string of the molecule is CCN(C(=O)Nc1ccc(SC)cc1)C(C)CC(=O)O. The van der Waals surface area contributed by atoms with E-state index in [4.69, 9.17) is 5.11 Å². The van der Waals surface area contributed by atoms with Crippen LogP contribution < -0.4 is 5.32 Å². The zero-order valence-electron chi connectivity index (χ0n) is 11.9. The van der Waals surface area contributed by atoms with Crippen LogP contribution in [0.15, 0.2) is 29.2 Å². The highest BCUT2D eigenvalue weighted by atomic mass is 32.2. The molecule has 0 aliphatic heterocycles. The summed E-state index contributed by atoms with van der Waals surface area (Å²) >= 11 is 1.63. The van der Waals surface area contributed by atoms with Crippen LogP contribution in [0.2, 0.25) is 0 Å². The monoisotopic (exact) mass is 296 g/mol. The first-order valence-corrected chi connectivity index (χ1v) is 7.63. The summed E-state index contributed by atoms with van der Waals surface area (Å²) in [5.74, 6) is -0.909. The first-order chi connectivity index (χ1) is 9.47. The molecule has 5 nitrogen and oxygen atoms in total. The summed E-state index contributed by atoms with van der Waals surface area (Å²) in [7, 11) is 0. The molecule has 0 spiro atoms. The van der Waals surface area contributed by atoms with Crippen molar-refractivity contribution in [2.45, 2.75) is 31.2 Å². The zero-order valence-corrected chi connectivity index (χ0v) is 12.7. The number of nitrogens with zero attached hydrogens (tertiary/aromatic N) is 1. The normalized spacial score (nSPS) is 11.8. The topological polar surface area (TPSA) is 69.6 Å². The molecule has 0 heterocycles. The standard InChI is InChI=1S/C14H20N2O3S/c1-4-16(10(2)9-13(17)18)14(19)15-11-5-7-12(20-3)8-6-11/h5-8,10H,4,9H2,1-3H3,(H,15,19)(H,17,18). The van der Waals surface area contributed by atoms with Crippen LogP contribution >= 0.6 is 11.8 Å². The maximum atomic E-state index is 12.1. The van der Waals surface area contributed by atoms with Gasteiger partial charge in [-0.3, -0.25) is 4.79 Å². The molecule has 0 radical (unpaired) electrons. The molecule has 0 fully saturated rings. The number of carboxylic acid groups (broad SMARTS) is 1. The molecule has 110 valence electrons. The van der Waals surface area contributed by atoms with Crippen LogP contribution in [-0.4, -0.2) is 40.8 Å². The van der Waals surface area contributed by atoms with E-state index in [9.17, 15) is 9.59 Å². The van der Waals surface area contributed by atoms with Crippen molar-refractivity contribution < 1.29 is 14.7 Å². The van der Waals surface area contributed by atoms with E-state index in [1.807, 2.05) is 37.4 Å². The van der Waals surface area contributed by atoms with Gasteiger partial charge in [-0.05, 0) is 44.4 Å². The van der Waals surface area contributed by atoms with Gasteiger partial charge in [0.1, 0.15) is 0 Å². The molecule has 0 aliphatic rings. The Labute approximate surface area is 123 Å². The fourth-order valence-electron chi connectivity index (χ4n) is 1.89. The summed E-state index contributed by atoms with van der Waals surface area (Å²) < 4.78 is 0. The molecule has 1 rings (SSSR count). The Kier molecular flexibility index (Phi) is 6.38. The number of benzene rings is 1. The number of nitrogens with one attached hydrogen (secondary N) is 1. The van der Waals surface area contributed by atoms with E-state index in [0.29, 0.717) is 12.2 Å². The van der Waals surface area contributed by atoms with Gasteiger partial charge in [-0.2, -0.15) is 0 Å². The van der Waals surface area contributed by atoms with Gasteiger partial charge >= 0.3 is 12.0 Å². The molecule has 0 bridgehead atoms. The van der Waals surface area contributed by atoms with Crippen molar-refractivity contribution >= 4 is 29.4 Å². The van der Waals surface area contributed by atoms with Crippen LogP contribution in [0.3, 0.4) is 0 Å². The second-order valence-electron chi connectivity index (χ2n) is 4.39. The lowest BCUT2D eigenvalue weighted by Crippen LogP contribution is -2.42. The number of hydrogen-bond donors (Lipinski definition) is 2. The van der Waals surface area contributed by atoms with Crippen molar-refractivity contribution in [3.8, 4) is 0 Å². The summed E-state index contributed by atoms with van der Waals surface area (Å²) in [6.45, 7) is 4.02. The Morgan fingerprint density at radius 2 is 1.95 bits per heavy atom. The molecule has 1 aromatic carbocycles. The number of amides is 2. The van der Waals surface area contributed by atoms with E-state index < -0.39 is 5.97 Å². The van der Waals surface area contributed by atoms with Gasteiger partial charge < -0.3 is 15.3 Å². The van der Waals surface area contributed by atoms with Crippen molar-refractivity contribution in [1.82, 2.24) is 4.90 Å². The van der Waals surface area contributed by atoms with Gasteiger partial charge in [0.05, 0.1) is 6.42 Å². The Bertz CT molecular complexity index is 462. The van der Waals surface area contributed by atoms with Gasteiger partial charge in [-0.15, -0.1) is 11.8 Å². The lowest BCUT2D eigenvalue weighted by molar-refractivity contribution is -0.137. The van der Waals surface area contributed by atoms with Crippen molar-refractivity contribution in [3.63, 3.8) is 0 Å². The Hall–Kier alpha value is -1.69. The minimum atomic E-state index is -0.909. The third-order valence-electron chi connectivity index (χ3n) is 2.94. The summed E-state index contributed by atoms with van der Waals surface area (Å²) in [6.07, 6.45) is 1.92. The van der Waals surface area contributed by atoms with Crippen molar-refractivity contribution in [1.29, 1.82) is 0 Å². The largest absolute Gasteiger partial charge is 0.481 e. The second kappa shape index (κ2) is 7.79. The molecule has 0 aromatic heterocycles. The molecule has 0 saturated heterocycles. The number of rotatable bonds is 6. The van der Waals surface area contributed by atoms with Crippen molar-refractivity contribution in [2.75, 3.05) is 18.1 Å². The number of carboxylic acids is 1. The zero-order chi connectivity index (χ0) is 15.1. The number of carbonyl (C=O) groups excluding carboxylic acids is 1. The summed E-state index contributed by atoms with van der Waals surface area (Å²) in [6, 6.07) is 6.90. The van der Waals surface area contributed by atoms with E-state index in [1.54, 1.807) is 18.7 Å². The molecule has 6 heteroatoms. The predicted molar refractivity (Wildman–Crippen MR) is 81.3 cm³/mol. The summed E-state index contributed by atoms with van der Waals surface area (Å²) in [5, 5.41) is 11.6. The number of carbonyl (C=O) groups is 2. The molecular formula is C14H20N2O3S. The van der Waals surface area contributed by atoms with E-state index >= 15 is 0 Å². The predicted octanol–water partition coefficient (Wildman–Crippen LogP) is 3.13. The molecule has 0 aliphatic carbocycles. The van der Waals surface area contributed by atoms with Gasteiger partial charge in [0.15, 0.2) is 0 Å². The first-order valence-electron chi connectivity index (χ1n) is 6.41. The Morgan fingerprint density at radius 1 is 1.35 bits per heavy atom. The molecule has 1 aromatic rings. The van der Waals surface area contributed by atoms with Crippen LogP contribution in [-0.2, 0) is 4.79 Å². The van der Waals surface area contributed by atoms with Gasteiger partial charge in [0, 0.05) is 23.2 Å². The third kappa shape index (κ3) is 4.77. The number of anilines is 1. The van der Waals surface area contributed by atoms with Crippen LogP contribution in [0, 0.1) is 0 Å². The third-order valence-corrected chi connectivity index (χ3v) is 3.69. The fourth-order valence-corrected chi connectivity index (χ4v) is 2.30. The molecule has 20 heavy (non-hydrogen) atoms. The number of urea groups is 1. The summed E-state index contributed by atoms with van der Waals surface area (Å²) in [5.41, 5.74) is 0.703.